The molecule has 0 fully saturated rings. The smallest absolute Gasteiger partial charge is 0.335 e. The van der Waals surface area contributed by atoms with E-state index >= 15 is 0 Å². The molecule has 136 valence electrons. The summed E-state index contributed by atoms with van der Waals surface area (Å²) in [6.07, 6.45) is 1.78. The van der Waals surface area contributed by atoms with E-state index < -0.39 is 17.4 Å². The van der Waals surface area contributed by atoms with Crippen LogP contribution in [0.25, 0.3) is 11.1 Å². The quantitative estimate of drug-likeness (QED) is 0.787. The van der Waals surface area contributed by atoms with E-state index in [1.54, 1.807) is 24.3 Å². The molecule has 0 radical (unpaired) electrons. The highest BCUT2D eigenvalue weighted by atomic mass is 19.1. The number of aromatic carboxylic acids is 1. The number of carboxylic acids is 1. The maximum absolute atomic E-state index is 13.4. The van der Waals surface area contributed by atoms with E-state index in [9.17, 15) is 14.0 Å². The van der Waals surface area contributed by atoms with Crippen molar-refractivity contribution < 1.29 is 23.8 Å². The van der Waals surface area contributed by atoms with Crippen LogP contribution in [0.2, 0.25) is 0 Å². The Labute approximate surface area is 154 Å². The Morgan fingerprint density at radius 1 is 1.15 bits per heavy atom. The van der Waals surface area contributed by atoms with Crippen LogP contribution in [0, 0.1) is 5.82 Å². The molecule has 0 aliphatic carbocycles. The third-order valence-corrected chi connectivity index (χ3v) is 4.70. The van der Waals surface area contributed by atoms with Crippen molar-refractivity contribution in [3.8, 4) is 0 Å². The minimum absolute atomic E-state index is 0.195. The minimum Gasteiger partial charge on any atom is -0.482 e. The lowest BCUT2D eigenvalue weighted by Crippen LogP contribution is -2.21. The van der Waals surface area contributed by atoms with Crippen LogP contribution in [-0.2, 0) is 9.53 Å². The summed E-state index contributed by atoms with van der Waals surface area (Å²) >= 11 is 0. The molecule has 2 aromatic carbocycles. The fourth-order valence-corrected chi connectivity index (χ4v) is 3.40. The zero-order valence-corrected chi connectivity index (χ0v) is 14.7. The van der Waals surface area contributed by atoms with Crippen molar-refractivity contribution in [3.05, 3.63) is 76.8 Å². The van der Waals surface area contributed by atoms with Crippen LogP contribution in [0.3, 0.4) is 0 Å². The number of carbonyl (C=O) groups is 2. The van der Waals surface area contributed by atoms with Crippen molar-refractivity contribution >= 4 is 28.7 Å². The SMILES string of the molecule is CC1(C)O/C(=C2/C(=O)Nc3cc(F)ccc32)C=C1c1ccc(C(=O)O)cc1. The molecule has 5 nitrogen and oxygen atoms in total. The number of benzene rings is 2. The lowest BCUT2D eigenvalue weighted by Gasteiger charge is -2.23. The third kappa shape index (κ3) is 2.79. The zero-order chi connectivity index (χ0) is 19.3. The normalized spacial score (nSPS) is 20.0. The van der Waals surface area contributed by atoms with E-state index in [0.717, 1.165) is 11.1 Å². The highest BCUT2D eigenvalue weighted by molar-refractivity contribution is 6.32. The first-order valence-electron chi connectivity index (χ1n) is 8.37. The second kappa shape index (κ2) is 5.81. The molecular formula is C21H16FNO4. The van der Waals surface area contributed by atoms with Gasteiger partial charge in [0.15, 0.2) is 0 Å². The number of halogens is 1. The molecule has 0 unspecified atom stereocenters. The summed E-state index contributed by atoms with van der Waals surface area (Å²) in [4.78, 5) is 23.5. The fraction of sp³-hybridized carbons (Fsp3) is 0.143. The van der Waals surface area contributed by atoms with Crippen molar-refractivity contribution in [2.75, 3.05) is 5.32 Å². The number of ether oxygens (including phenoxy) is 1. The number of rotatable bonds is 2. The Morgan fingerprint density at radius 2 is 1.85 bits per heavy atom. The summed E-state index contributed by atoms with van der Waals surface area (Å²) in [5.41, 5.74) is 2.47. The number of hydrogen-bond donors (Lipinski definition) is 2. The van der Waals surface area contributed by atoms with Gasteiger partial charge in [-0.1, -0.05) is 12.1 Å². The Kier molecular flexibility index (Phi) is 3.66. The molecule has 0 spiro atoms. The van der Waals surface area contributed by atoms with E-state index in [1.165, 1.54) is 24.3 Å². The van der Waals surface area contributed by atoms with Gasteiger partial charge in [0.2, 0.25) is 0 Å². The lowest BCUT2D eigenvalue weighted by atomic mass is 9.91. The van der Waals surface area contributed by atoms with Gasteiger partial charge in [0.1, 0.15) is 17.2 Å². The Morgan fingerprint density at radius 3 is 2.52 bits per heavy atom. The standard InChI is InChI=1S/C21H16FNO4/c1-21(2)15(11-3-5-12(6-4-11)20(25)26)10-17(27-21)18-14-8-7-13(22)9-16(14)23-19(18)24/h3-10H,1-2H3,(H,23,24)(H,25,26)/b18-17+. The number of carboxylic acid groups (broad SMARTS) is 1. The molecule has 2 N–H and O–H groups in total. The summed E-state index contributed by atoms with van der Waals surface area (Å²) in [7, 11) is 0. The molecule has 0 saturated heterocycles. The first-order valence-corrected chi connectivity index (χ1v) is 8.37. The van der Waals surface area contributed by atoms with Crippen LogP contribution in [0.15, 0.2) is 54.3 Å². The zero-order valence-electron chi connectivity index (χ0n) is 14.7. The maximum atomic E-state index is 13.4. The first kappa shape index (κ1) is 17.0. The molecule has 2 aliphatic heterocycles. The fourth-order valence-electron chi connectivity index (χ4n) is 3.40. The van der Waals surface area contributed by atoms with Crippen LogP contribution >= 0.6 is 0 Å². The predicted octanol–water partition coefficient (Wildman–Crippen LogP) is 4.08. The van der Waals surface area contributed by atoms with Crippen LogP contribution in [0.5, 0.6) is 0 Å². The molecular weight excluding hydrogens is 349 g/mol. The van der Waals surface area contributed by atoms with Crippen molar-refractivity contribution in [2.24, 2.45) is 0 Å². The van der Waals surface area contributed by atoms with Gasteiger partial charge in [-0.05, 0) is 55.8 Å². The number of anilines is 1. The van der Waals surface area contributed by atoms with E-state index in [0.29, 0.717) is 22.6 Å². The highest BCUT2D eigenvalue weighted by Crippen LogP contribution is 2.44. The monoisotopic (exact) mass is 365 g/mol. The molecule has 1 amide bonds. The summed E-state index contributed by atoms with van der Waals surface area (Å²) in [6.45, 7) is 3.74. The van der Waals surface area contributed by atoms with Gasteiger partial charge in [-0.3, -0.25) is 4.79 Å². The summed E-state index contributed by atoms with van der Waals surface area (Å²) in [5.74, 6) is -1.37. The molecule has 2 aliphatic rings. The second-order valence-electron chi connectivity index (χ2n) is 6.94. The van der Waals surface area contributed by atoms with Gasteiger partial charge < -0.3 is 15.2 Å². The molecule has 2 aromatic rings. The summed E-state index contributed by atoms with van der Waals surface area (Å²) < 4.78 is 19.5. The van der Waals surface area contributed by atoms with Gasteiger partial charge in [-0.2, -0.15) is 0 Å². The third-order valence-electron chi connectivity index (χ3n) is 4.70. The van der Waals surface area contributed by atoms with Gasteiger partial charge in [0.05, 0.1) is 16.8 Å². The number of fused-ring (bicyclic) bond motifs is 1. The van der Waals surface area contributed by atoms with Gasteiger partial charge >= 0.3 is 5.97 Å². The van der Waals surface area contributed by atoms with Crippen LogP contribution < -0.4 is 5.32 Å². The van der Waals surface area contributed by atoms with Crippen molar-refractivity contribution in [3.63, 3.8) is 0 Å². The van der Waals surface area contributed by atoms with Gasteiger partial charge in [-0.15, -0.1) is 0 Å². The van der Waals surface area contributed by atoms with Crippen molar-refractivity contribution in [1.29, 1.82) is 0 Å². The van der Waals surface area contributed by atoms with E-state index in [-0.39, 0.29) is 11.5 Å². The number of carbonyl (C=O) groups excluding carboxylic acids is 1. The van der Waals surface area contributed by atoms with Gasteiger partial charge in [-0.25, -0.2) is 9.18 Å². The molecule has 6 heteroatoms. The molecule has 27 heavy (non-hydrogen) atoms. The Bertz CT molecular complexity index is 1050. The number of amides is 1. The largest absolute Gasteiger partial charge is 0.482 e. The molecule has 2 heterocycles. The topological polar surface area (TPSA) is 75.6 Å². The van der Waals surface area contributed by atoms with Crippen LogP contribution in [-0.4, -0.2) is 22.6 Å². The molecule has 0 aromatic heterocycles. The second-order valence-corrected chi connectivity index (χ2v) is 6.94. The van der Waals surface area contributed by atoms with E-state index in [4.69, 9.17) is 9.84 Å². The van der Waals surface area contributed by atoms with E-state index in [2.05, 4.69) is 5.32 Å². The van der Waals surface area contributed by atoms with Crippen molar-refractivity contribution in [2.45, 2.75) is 19.4 Å². The van der Waals surface area contributed by atoms with Crippen LogP contribution in [0.4, 0.5) is 10.1 Å². The molecule has 0 atom stereocenters. The summed E-state index contributed by atoms with van der Waals surface area (Å²) in [6, 6.07) is 10.6. The number of allylic oxidation sites excluding steroid dienone is 1. The Hall–Kier alpha value is -3.41. The van der Waals surface area contributed by atoms with Gasteiger partial charge in [0, 0.05) is 11.1 Å². The maximum Gasteiger partial charge on any atom is 0.335 e. The highest BCUT2D eigenvalue weighted by Gasteiger charge is 2.38. The van der Waals surface area contributed by atoms with Crippen molar-refractivity contribution in [1.82, 2.24) is 0 Å². The molecule has 0 bridgehead atoms. The van der Waals surface area contributed by atoms with E-state index in [1.807, 2.05) is 13.8 Å². The number of nitrogens with one attached hydrogen (secondary N) is 1. The molecule has 4 rings (SSSR count). The minimum atomic E-state index is -0.994. The Balaban J connectivity index is 1.82. The average molecular weight is 365 g/mol. The summed E-state index contributed by atoms with van der Waals surface area (Å²) in [5, 5.41) is 11.7. The molecule has 0 saturated carbocycles. The average Bonchev–Trinajstić information content (AvgIpc) is 3.09. The number of hydrogen-bond acceptors (Lipinski definition) is 3. The van der Waals surface area contributed by atoms with Crippen LogP contribution in [0.1, 0.15) is 35.3 Å². The predicted molar refractivity (Wildman–Crippen MR) is 98.5 cm³/mol. The first-order chi connectivity index (χ1) is 12.8. The lowest BCUT2D eigenvalue weighted by molar-refractivity contribution is -0.111. The van der Waals surface area contributed by atoms with Gasteiger partial charge in [0.25, 0.3) is 5.91 Å².